The number of carbonyl (C=O) groups is 2. The number of rotatable bonds is 2. The first-order chi connectivity index (χ1) is 8.66. The molecule has 0 saturated carbocycles. The van der Waals surface area contributed by atoms with E-state index in [0.717, 1.165) is 22.5 Å². The van der Waals surface area contributed by atoms with Gasteiger partial charge >= 0.3 is 5.97 Å². The summed E-state index contributed by atoms with van der Waals surface area (Å²) < 4.78 is 0. The van der Waals surface area contributed by atoms with E-state index >= 15 is 0 Å². The van der Waals surface area contributed by atoms with Crippen LogP contribution < -0.4 is 0 Å². The molecule has 5 nitrogen and oxygen atoms in total. The van der Waals surface area contributed by atoms with E-state index in [1.54, 1.807) is 11.4 Å². The molecule has 1 atom stereocenters. The second kappa shape index (κ2) is 4.18. The maximum atomic E-state index is 11.8. The van der Waals surface area contributed by atoms with Gasteiger partial charge in [0.15, 0.2) is 0 Å². The van der Waals surface area contributed by atoms with Crippen LogP contribution in [-0.2, 0) is 4.79 Å². The summed E-state index contributed by atoms with van der Waals surface area (Å²) in [6.07, 6.45) is 1.26. The molecule has 0 aliphatic carbocycles. The predicted molar refractivity (Wildman–Crippen MR) is 71.3 cm³/mol. The molecule has 1 aromatic rings. The Balaban J connectivity index is 1.98. The molecule has 0 fully saturated rings. The second-order valence-electron chi connectivity index (χ2n) is 3.68. The van der Waals surface area contributed by atoms with Crippen LogP contribution in [0.4, 0.5) is 0 Å². The summed E-state index contributed by atoms with van der Waals surface area (Å²) in [6.45, 7) is 0. The van der Waals surface area contributed by atoms with Crippen LogP contribution in [0.2, 0.25) is 0 Å². The summed E-state index contributed by atoms with van der Waals surface area (Å²) >= 11 is 2.53. The van der Waals surface area contributed by atoms with Crippen LogP contribution in [-0.4, -0.2) is 28.4 Å². The highest BCUT2D eigenvalue weighted by molar-refractivity contribution is 8.17. The van der Waals surface area contributed by atoms with Crippen molar-refractivity contribution in [2.24, 2.45) is 15.9 Å². The topological polar surface area (TPSA) is 79.1 Å². The molecule has 18 heavy (non-hydrogen) atoms. The van der Waals surface area contributed by atoms with Crippen molar-refractivity contribution in [2.45, 2.75) is 0 Å². The fourth-order valence-corrected chi connectivity index (χ4v) is 3.53. The number of nitrogens with zero attached hydrogens (tertiary/aromatic N) is 2. The Morgan fingerprint density at radius 2 is 2.28 bits per heavy atom. The van der Waals surface area contributed by atoms with Gasteiger partial charge in [-0.05, 0) is 28.0 Å². The molecule has 90 valence electrons. The third-order valence-corrected chi connectivity index (χ3v) is 4.50. The van der Waals surface area contributed by atoms with Gasteiger partial charge in [-0.15, -0.1) is 11.3 Å². The number of carbonyl (C=O) groups excluding carboxylic acids is 1. The van der Waals surface area contributed by atoms with E-state index in [4.69, 9.17) is 5.11 Å². The number of aromatic carboxylic acids is 1. The summed E-state index contributed by atoms with van der Waals surface area (Å²) in [6, 6.07) is 1.58. The SMILES string of the molecule is O=C(O)c1cc(C2=CSC3=NC=NC(=O)[C@H]23)cs1. The number of amides is 1. The van der Waals surface area contributed by atoms with Crippen molar-refractivity contribution in [2.75, 3.05) is 0 Å². The average Bonchev–Trinajstić information content (AvgIpc) is 2.94. The molecular formula is C11H6N2O3S2. The second-order valence-corrected chi connectivity index (χ2v) is 5.48. The zero-order valence-corrected chi connectivity index (χ0v) is 10.5. The quantitative estimate of drug-likeness (QED) is 0.898. The van der Waals surface area contributed by atoms with Crippen molar-refractivity contribution >= 4 is 51.9 Å². The first-order valence-electron chi connectivity index (χ1n) is 5.00. The Morgan fingerprint density at radius 3 is 3.00 bits per heavy atom. The normalized spacial score (nSPS) is 21.6. The molecule has 0 radical (unpaired) electrons. The molecule has 0 aromatic carbocycles. The minimum absolute atomic E-state index is 0.251. The number of hydrogen-bond donors (Lipinski definition) is 1. The lowest BCUT2D eigenvalue weighted by molar-refractivity contribution is -0.118. The van der Waals surface area contributed by atoms with Crippen molar-refractivity contribution in [3.63, 3.8) is 0 Å². The van der Waals surface area contributed by atoms with Gasteiger partial charge in [-0.1, -0.05) is 11.8 Å². The third-order valence-electron chi connectivity index (χ3n) is 2.63. The summed E-state index contributed by atoms with van der Waals surface area (Å²) in [4.78, 5) is 30.6. The molecule has 3 heterocycles. The van der Waals surface area contributed by atoms with Gasteiger partial charge in [0.25, 0.3) is 5.91 Å². The highest BCUT2D eigenvalue weighted by Crippen LogP contribution is 2.40. The van der Waals surface area contributed by atoms with Gasteiger partial charge in [-0.3, -0.25) is 4.79 Å². The van der Waals surface area contributed by atoms with Crippen LogP contribution in [0, 0.1) is 5.92 Å². The van der Waals surface area contributed by atoms with Gasteiger partial charge in [0, 0.05) is 0 Å². The highest BCUT2D eigenvalue weighted by atomic mass is 32.2. The Morgan fingerprint density at radius 1 is 1.44 bits per heavy atom. The largest absolute Gasteiger partial charge is 0.477 e. The lowest BCUT2D eigenvalue weighted by Gasteiger charge is -2.12. The van der Waals surface area contributed by atoms with E-state index in [1.807, 2.05) is 5.41 Å². The van der Waals surface area contributed by atoms with Crippen molar-refractivity contribution in [3.05, 3.63) is 27.3 Å². The maximum absolute atomic E-state index is 11.8. The number of thiophene rings is 1. The molecule has 0 spiro atoms. The fourth-order valence-electron chi connectivity index (χ4n) is 1.79. The number of carboxylic acids is 1. The van der Waals surface area contributed by atoms with E-state index < -0.39 is 11.9 Å². The lowest BCUT2D eigenvalue weighted by Crippen LogP contribution is -2.21. The average molecular weight is 278 g/mol. The maximum Gasteiger partial charge on any atom is 0.345 e. The lowest BCUT2D eigenvalue weighted by atomic mass is 9.95. The fraction of sp³-hybridized carbons (Fsp3) is 0.0909. The van der Waals surface area contributed by atoms with Crippen molar-refractivity contribution in [1.29, 1.82) is 0 Å². The third kappa shape index (κ3) is 1.72. The zero-order chi connectivity index (χ0) is 12.7. The molecule has 1 aromatic heterocycles. The molecule has 3 rings (SSSR count). The molecule has 7 heteroatoms. The van der Waals surface area contributed by atoms with Crippen LogP contribution in [0.25, 0.3) is 5.57 Å². The standard InChI is InChI=1S/C11H6N2O3S2/c14-9-8-6(3-18-10(8)13-4-12-9)5-1-7(11(15)16)17-2-5/h1-4,8H,(H,15,16)/t8-/m0/s1. The van der Waals surface area contributed by atoms with Gasteiger partial charge < -0.3 is 5.11 Å². The number of hydrogen-bond acceptors (Lipinski definition) is 5. The molecule has 0 saturated heterocycles. The Labute approximate surface area is 110 Å². The zero-order valence-electron chi connectivity index (χ0n) is 8.86. The molecule has 0 bridgehead atoms. The van der Waals surface area contributed by atoms with Gasteiger partial charge in [0.1, 0.15) is 17.1 Å². The van der Waals surface area contributed by atoms with Crippen LogP contribution in [0.3, 0.4) is 0 Å². The first kappa shape index (κ1) is 11.4. The Bertz CT molecular complexity index is 642. The van der Waals surface area contributed by atoms with Gasteiger partial charge in [-0.25, -0.2) is 14.8 Å². The molecule has 0 unspecified atom stereocenters. The van der Waals surface area contributed by atoms with Gasteiger partial charge in [0.05, 0.1) is 5.04 Å². The summed E-state index contributed by atoms with van der Waals surface area (Å²) in [5.41, 5.74) is 1.54. The monoisotopic (exact) mass is 278 g/mol. The Hall–Kier alpha value is -1.73. The number of aliphatic imine (C=N–C) groups is 2. The smallest absolute Gasteiger partial charge is 0.345 e. The number of carboxylic acid groups (broad SMARTS) is 1. The molecule has 2 aliphatic heterocycles. The van der Waals surface area contributed by atoms with Gasteiger partial charge in [0.2, 0.25) is 0 Å². The molecule has 2 aliphatic rings. The van der Waals surface area contributed by atoms with Crippen LogP contribution in [0.5, 0.6) is 0 Å². The summed E-state index contributed by atoms with van der Waals surface area (Å²) in [7, 11) is 0. The van der Waals surface area contributed by atoms with E-state index in [0.29, 0.717) is 5.04 Å². The van der Waals surface area contributed by atoms with E-state index in [2.05, 4.69) is 9.98 Å². The predicted octanol–water partition coefficient (Wildman–Crippen LogP) is 2.12. The van der Waals surface area contributed by atoms with Crippen LogP contribution in [0.15, 0.2) is 26.8 Å². The molecule has 1 N–H and O–H groups in total. The molecular weight excluding hydrogens is 272 g/mol. The summed E-state index contributed by atoms with van der Waals surface area (Å²) in [5.74, 6) is -1.67. The number of thioether (sulfide) groups is 1. The molecule has 1 amide bonds. The minimum atomic E-state index is -0.959. The van der Waals surface area contributed by atoms with Crippen molar-refractivity contribution in [1.82, 2.24) is 0 Å². The summed E-state index contributed by atoms with van der Waals surface area (Å²) in [5, 5.41) is 13.2. The Kier molecular flexibility index (Phi) is 2.64. The van der Waals surface area contributed by atoms with Crippen molar-refractivity contribution in [3.8, 4) is 0 Å². The number of fused-ring (bicyclic) bond motifs is 1. The van der Waals surface area contributed by atoms with Crippen LogP contribution in [0.1, 0.15) is 15.2 Å². The van der Waals surface area contributed by atoms with E-state index in [9.17, 15) is 9.59 Å². The highest BCUT2D eigenvalue weighted by Gasteiger charge is 2.35. The first-order valence-corrected chi connectivity index (χ1v) is 6.76. The van der Waals surface area contributed by atoms with Crippen molar-refractivity contribution < 1.29 is 14.7 Å². The minimum Gasteiger partial charge on any atom is -0.477 e. The van der Waals surface area contributed by atoms with E-state index in [-0.39, 0.29) is 10.8 Å². The van der Waals surface area contributed by atoms with Crippen LogP contribution >= 0.6 is 23.1 Å². The van der Waals surface area contributed by atoms with E-state index in [1.165, 1.54) is 18.1 Å². The van der Waals surface area contributed by atoms with Gasteiger partial charge in [-0.2, -0.15) is 0 Å².